The molecule has 0 bridgehead atoms. The topological polar surface area (TPSA) is 49.5 Å². The number of aliphatic hydroxyl groups excluding tert-OH is 1. The summed E-state index contributed by atoms with van der Waals surface area (Å²) in [4.78, 5) is 2.46. The molecule has 0 aromatic heterocycles. The van der Waals surface area contributed by atoms with Crippen molar-refractivity contribution in [1.82, 2.24) is 4.90 Å². The summed E-state index contributed by atoms with van der Waals surface area (Å²) in [6, 6.07) is 0.872. The lowest BCUT2D eigenvalue weighted by Crippen LogP contribution is -2.54. The van der Waals surface area contributed by atoms with Crippen LogP contribution in [0.15, 0.2) is 0 Å². The van der Waals surface area contributed by atoms with Crippen molar-refractivity contribution >= 4 is 0 Å². The van der Waals surface area contributed by atoms with Gasteiger partial charge in [-0.2, -0.15) is 0 Å². The molecule has 2 unspecified atom stereocenters. The highest BCUT2D eigenvalue weighted by molar-refractivity contribution is 4.87. The molecule has 108 valence electrons. The van der Waals surface area contributed by atoms with Gasteiger partial charge in [-0.05, 0) is 31.7 Å². The normalized spacial score (nSPS) is 21.5. The molecule has 3 nitrogen and oxygen atoms in total. The van der Waals surface area contributed by atoms with Crippen LogP contribution in [0.1, 0.15) is 59.3 Å². The predicted octanol–water partition coefficient (Wildman–Crippen LogP) is 2.38. The molecule has 1 rings (SSSR count). The van der Waals surface area contributed by atoms with Gasteiger partial charge in [-0.25, -0.2) is 0 Å². The van der Waals surface area contributed by atoms with E-state index in [1.807, 2.05) is 0 Å². The molecule has 0 aliphatic heterocycles. The minimum absolute atomic E-state index is 0.0943. The summed E-state index contributed by atoms with van der Waals surface area (Å²) in [5.74, 6) is 0.596. The van der Waals surface area contributed by atoms with E-state index in [4.69, 9.17) is 5.73 Å². The van der Waals surface area contributed by atoms with Gasteiger partial charge in [0, 0.05) is 18.1 Å². The van der Waals surface area contributed by atoms with Crippen LogP contribution in [0.3, 0.4) is 0 Å². The molecular weight excluding hydrogens is 224 g/mol. The van der Waals surface area contributed by atoms with Crippen LogP contribution in [0.25, 0.3) is 0 Å². The molecule has 0 aromatic carbocycles. The summed E-state index contributed by atoms with van der Waals surface area (Å²) in [6.45, 7) is 7.79. The first-order valence-electron chi connectivity index (χ1n) is 7.72. The molecule has 0 radical (unpaired) electrons. The first-order chi connectivity index (χ1) is 8.60. The molecule has 1 aliphatic carbocycles. The number of hydrogen-bond acceptors (Lipinski definition) is 3. The molecule has 1 fully saturated rings. The SMILES string of the molecule is CCN(C1CCCCC1)C(CO)C(N)CC(C)C. The highest BCUT2D eigenvalue weighted by Crippen LogP contribution is 2.25. The van der Waals surface area contributed by atoms with Crippen molar-refractivity contribution in [2.45, 2.75) is 77.4 Å². The Labute approximate surface area is 113 Å². The summed E-state index contributed by atoms with van der Waals surface area (Å²) >= 11 is 0. The summed E-state index contributed by atoms with van der Waals surface area (Å²) in [6.07, 6.45) is 7.58. The van der Waals surface area contributed by atoms with Crippen LogP contribution in [0.4, 0.5) is 0 Å². The molecule has 3 N–H and O–H groups in total. The van der Waals surface area contributed by atoms with Crippen molar-refractivity contribution in [1.29, 1.82) is 0 Å². The zero-order valence-electron chi connectivity index (χ0n) is 12.4. The largest absolute Gasteiger partial charge is 0.395 e. The molecule has 3 heteroatoms. The van der Waals surface area contributed by atoms with Gasteiger partial charge in [0.2, 0.25) is 0 Å². The number of nitrogens with two attached hydrogens (primary N) is 1. The van der Waals surface area contributed by atoms with Crippen LogP contribution in [-0.4, -0.2) is 41.3 Å². The van der Waals surface area contributed by atoms with E-state index in [1.54, 1.807) is 0 Å². The summed E-state index contributed by atoms with van der Waals surface area (Å²) in [7, 11) is 0. The van der Waals surface area contributed by atoms with E-state index in [0.717, 1.165) is 13.0 Å². The van der Waals surface area contributed by atoms with Crippen LogP contribution < -0.4 is 5.73 Å². The molecule has 0 aromatic rings. The maximum atomic E-state index is 9.72. The van der Waals surface area contributed by atoms with Gasteiger partial charge in [0.1, 0.15) is 0 Å². The van der Waals surface area contributed by atoms with E-state index >= 15 is 0 Å². The second kappa shape index (κ2) is 8.13. The van der Waals surface area contributed by atoms with Crippen LogP contribution in [0, 0.1) is 5.92 Å². The average Bonchev–Trinajstić information content (AvgIpc) is 2.35. The van der Waals surface area contributed by atoms with Gasteiger partial charge in [-0.15, -0.1) is 0 Å². The Morgan fingerprint density at radius 1 is 1.22 bits per heavy atom. The third-order valence-corrected chi connectivity index (χ3v) is 4.26. The second-order valence-electron chi connectivity index (χ2n) is 6.17. The number of rotatable bonds is 7. The molecule has 0 spiro atoms. The zero-order valence-corrected chi connectivity index (χ0v) is 12.4. The van der Waals surface area contributed by atoms with E-state index in [9.17, 15) is 5.11 Å². The monoisotopic (exact) mass is 256 g/mol. The summed E-state index contributed by atoms with van der Waals surface area (Å²) in [5.41, 5.74) is 6.31. The highest BCUT2D eigenvalue weighted by atomic mass is 16.3. The lowest BCUT2D eigenvalue weighted by atomic mass is 9.90. The Balaban J connectivity index is 2.63. The van der Waals surface area contributed by atoms with Gasteiger partial charge in [0.05, 0.1) is 6.61 Å². The van der Waals surface area contributed by atoms with E-state index in [2.05, 4.69) is 25.7 Å². The fourth-order valence-electron chi connectivity index (χ4n) is 3.36. The predicted molar refractivity (Wildman–Crippen MR) is 77.6 cm³/mol. The van der Waals surface area contributed by atoms with E-state index < -0.39 is 0 Å². The Kier molecular flexibility index (Phi) is 7.20. The quantitative estimate of drug-likeness (QED) is 0.735. The van der Waals surface area contributed by atoms with E-state index in [-0.39, 0.29) is 18.7 Å². The van der Waals surface area contributed by atoms with Crippen molar-refractivity contribution < 1.29 is 5.11 Å². The molecule has 18 heavy (non-hydrogen) atoms. The van der Waals surface area contributed by atoms with Crippen molar-refractivity contribution in [3.8, 4) is 0 Å². The number of aliphatic hydroxyl groups is 1. The maximum absolute atomic E-state index is 9.72. The molecule has 1 saturated carbocycles. The van der Waals surface area contributed by atoms with E-state index in [0.29, 0.717) is 12.0 Å². The summed E-state index contributed by atoms with van der Waals surface area (Å²) < 4.78 is 0. The molecule has 0 heterocycles. The zero-order chi connectivity index (χ0) is 13.5. The van der Waals surface area contributed by atoms with Gasteiger partial charge in [0.25, 0.3) is 0 Å². The fourth-order valence-corrected chi connectivity index (χ4v) is 3.36. The van der Waals surface area contributed by atoms with Crippen LogP contribution in [0.2, 0.25) is 0 Å². The van der Waals surface area contributed by atoms with Crippen LogP contribution >= 0.6 is 0 Å². The maximum Gasteiger partial charge on any atom is 0.0602 e. The minimum atomic E-state index is 0.0943. The smallest absolute Gasteiger partial charge is 0.0602 e. The fraction of sp³-hybridized carbons (Fsp3) is 1.00. The van der Waals surface area contributed by atoms with Crippen LogP contribution in [-0.2, 0) is 0 Å². The number of hydrogen-bond donors (Lipinski definition) is 2. The second-order valence-corrected chi connectivity index (χ2v) is 6.17. The number of nitrogens with zero attached hydrogens (tertiary/aromatic N) is 1. The van der Waals surface area contributed by atoms with Gasteiger partial charge in [-0.1, -0.05) is 40.0 Å². The Hall–Kier alpha value is -0.120. The van der Waals surface area contributed by atoms with Crippen molar-refractivity contribution in [3.63, 3.8) is 0 Å². The van der Waals surface area contributed by atoms with E-state index in [1.165, 1.54) is 32.1 Å². The molecule has 1 aliphatic rings. The standard InChI is InChI=1S/C15H32N2O/c1-4-17(13-8-6-5-7-9-13)15(11-18)14(16)10-12(2)3/h12-15,18H,4-11,16H2,1-3H3. The Morgan fingerprint density at radius 3 is 2.28 bits per heavy atom. The third kappa shape index (κ3) is 4.52. The first-order valence-corrected chi connectivity index (χ1v) is 7.72. The Bertz CT molecular complexity index is 215. The van der Waals surface area contributed by atoms with Crippen LogP contribution in [0.5, 0.6) is 0 Å². The van der Waals surface area contributed by atoms with Gasteiger partial charge >= 0.3 is 0 Å². The van der Waals surface area contributed by atoms with Crippen molar-refractivity contribution in [2.24, 2.45) is 11.7 Å². The Morgan fingerprint density at radius 2 is 1.83 bits per heavy atom. The lowest BCUT2D eigenvalue weighted by molar-refractivity contribution is 0.0511. The van der Waals surface area contributed by atoms with Gasteiger partial charge < -0.3 is 10.8 Å². The van der Waals surface area contributed by atoms with Gasteiger partial charge in [0.15, 0.2) is 0 Å². The number of likely N-dealkylation sites (N-methyl/N-ethyl adjacent to an activating group) is 1. The molecular formula is C15H32N2O. The highest BCUT2D eigenvalue weighted by Gasteiger charge is 2.30. The molecule has 0 amide bonds. The average molecular weight is 256 g/mol. The van der Waals surface area contributed by atoms with Crippen molar-refractivity contribution in [2.75, 3.05) is 13.2 Å². The first kappa shape index (κ1) is 15.9. The minimum Gasteiger partial charge on any atom is -0.395 e. The lowest BCUT2D eigenvalue weighted by Gasteiger charge is -2.41. The van der Waals surface area contributed by atoms with Gasteiger partial charge in [-0.3, -0.25) is 4.90 Å². The summed E-state index contributed by atoms with van der Waals surface area (Å²) in [5, 5.41) is 9.72. The molecule has 0 saturated heterocycles. The molecule has 2 atom stereocenters. The third-order valence-electron chi connectivity index (χ3n) is 4.26. The van der Waals surface area contributed by atoms with Crippen molar-refractivity contribution in [3.05, 3.63) is 0 Å².